The molecule has 0 spiro atoms. The van der Waals surface area contributed by atoms with Gasteiger partial charge in [0.1, 0.15) is 115 Å². The van der Waals surface area contributed by atoms with E-state index >= 15 is 0 Å². The van der Waals surface area contributed by atoms with Crippen LogP contribution in [0.15, 0.2) is 89.4 Å². The first-order valence-electron chi connectivity index (χ1n) is 27.3. The van der Waals surface area contributed by atoms with Crippen molar-refractivity contribution in [3.05, 3.63) is 96.1 Å². The number of carbonyl (C=O) groups excluding carboxylic acids is 2. The number of fused-ring (bicyclic) bond motifs is 1. The summed E-state index contributed by atoms with van der Waals surface area (Å²) in [6.45, 7) is -0.745. The standard InChI is InChI=1S/C58H64O31/c1-22-53(89-40(65)12-6-23-3-8-27(9-4-23)82-56-49(74)46(71)43(68)37(87-56)20-79-39(64)11-7-24-5-10-29(61)30(62)13-24)48(73)52(77)55(81-22)80-21-38-44(69)47(72)51(76)58(88-38)85-35-18-28-32(83-54(35)25-14-31(63)41(66)34(15-25)78-2)16-26(60)17-33(28)84-57-50(75)45(70)42(67)36(19-59)86-57/h3-18,22,36-38,42-53,55-59,67-77H,19-21H2,1-2H3,(H4-,60,61,62,63,64,66)/p+1/b12-6+/t22?,36?,37?,38-,42?,43-,44-,45+,46+,47?,48?,49?,50?,51?,52+,53+,55-,56-,57-,58-/m1/s1. The van der Waals surface area contributed by atoms with Crippen molar-refractivity contribution in [3.63, 3.8) is 0 Å². The van der Waals surface area contributed by atoms with Crippen LogP contribution in [0.1, 0.15) is 18.1 Å². The van der Waals surface area contributed by atoms with Gasteiger partial charge in [0.25, 0.3) is 0 Å². The van der Waals surface area contributed by atoms with Gasteiger partial charge in [0, 0.05) is 36.4 Å². The third-order valence-corrected chi connectivity index (χ3v) is 14.8. The third-order valence-electron chi connectivity index (χ3n) is 14.8. The summed E-state index contributed by atoms with van der Waals surface area (Å²) in [5.74, 6) is -5.77. The maximum Gasteiger partial charge on any atom is 0.402 e. The van der Waals surface area contributed by atoms with Crippen LogP contribution >= 0.6 is 0 Å². The van der Waals surface area contributed by atoms with E-state index in [9.17, 15) is 96.4 Å². The Labute approximate surface area is 502 Å². The monoisotopic (exact) mass is 1260 g/mol. The van der Waals surface area contributed by atoms with Crippen molar-refractivity contribution in [1.29, 1.82) is 0 Å². The topological polar surface area (TPSA) is 491 Å². The zero-order chi connectivity index (χ0) is 64.3. The van der Waals surface area contributed by atoms with Gasteiger partial charge in [-0.05, 0) is 54.5 Å². The van der Waals surface area contributed by atoms with E-state index in [4.69, 9.17) is 56.5 Å². The van der Waals surface area contributed by atoms with Gasteiger partial charge >= 0.3 is 23.3 Å². The molecule has 4 aromatic carbocycles. The Hall–Kier alpha value is -7.77. The Morgan fingerprint density at radius 3 is 1.72 bits per heavy atom. The van der Waals surface area contributed by atoms with Crippen molar-refractivity contribution >= 4 is 35.1 Å². The van der Waals surface area contributed by atoms with E-state index < -0.39 is 183 Å². The second-order valence-electron chi connectivity index (χ2n) is 21.0. The summed E-state index contributed by atoms with van der Waals surface area (Å²) in [4.78, 5) is 25.4. The SMILES string of the molecule is COc1cc(-c2[o+]c3cc(O)cc(O[C@@H]4OC(CO)C(O)[C@H](O)C4O)c3cc2O[C@@H]2O[C@H](CO[C@@H]3OC(C)[C@H](OC(=O)/C=C/c4ccc(O[C@@H]5OC(COC(=O)/C=C\c6ccc(O)c(O)c6)[C@@H](O)[C@H](O)C5O)cc4)C(O)[C@@H]3O)[C@@H](O)C(O)C2O)cc(O)c1O. The predicted molar refractivity (Wildman–Crippen MR) is 294 cm³/mol. The van der Waals surface area contributed by atoms with E-state index in [2.05, 4.69) is 0 Å². The number of rotatable bonds is 19. The second-order valence-corrected chi connectivity index (χ2v) is 21.0. The van der Waals surface area contributed by atoms with Gasteiger partial charge in [-0.3, -0.25) is 0 Å². The summed E-state index contributed by atoms with van der Waals surface area (Å²) >= 11 is 0. The molecule has 482 valence electrons. The highest BCUT2D eigenvalue weighted by molar-refractivity contribution is 5.90. The van der Waals surface area contributed by atoms with Crippen LogP contribution in [0.3, 0.4) is 0 Å². The minimum absolute atomic E-state index is 0.0757. The van der Waals surface area contributed by atoms with Crippen molar-refractivity contribution in [1.82, 2.24) is 0 Å². The van der Waals surface area contributed by atoms with Gasteiger partial charge < -0.3 is 139 Å². The van der Waals surface area contributed by atoms with Gasteiger partial charge in [0.15, 0.2) is 35.4 Å². The summed E-state index contributed by atoms with van der Waals surface area (Å²) in [6.07, 6.45) is -30.0. The molecule has 4 aliphatic heterocycles. The van der Waals surface area contributed by atoms with Crippen LogP contribution < -0.4 is 18.9 Å². The Balaban J connectivity index is 0.818. The van der Waals surface area contributed by atoms with Gasteiger partial charge in [0.2, 0.25) is 30.4 Å². The van der Waals surface area contributed by atoms with Crippen molar-refractivity contribution < 1.29 is 153 Å². The number of aromatic hydroxyl groups is 5. The fourth-order valence-electron chi connectivity index (χ4n) is 9.80. The fraction of sp³-hybridized carbons (Fsp3) is 0.431. The molecular weight excluding hydrogens is 1190 g/mol. The van der Waals surface area contributed by atoms with Crippen LogP contribution in [0.2, 0.25) is 0 Å². The van der Waals surface area contributed by atoms with Gasteiger partial charge in [-0.2, -0.15) is 0 Å². The predicted octanol–water partition coefficient (Wildman–Crippen LogP) is -2.17. The number of methoxy groups -OCH3 is 1. The summed E-state index contributed by atoms with van der Waals surface area (Å²) in [5, 5.41) is 180. The van der Waals surface area contributed by atoms with Gasteiger partial charge in [-0.25, -0.2) is 14.0 Å². The molecule has 89 heavy (non-hydrogen) atoms. The average molecular weight is 1260 g/mol. The number of esters is 2. The van der Waals surface area contributed by atoms with Gasteiger partial charge in [-0.1, -0.05) is 18.2 Å². The van der Waals surface area contributed by atoms with E-state index in [0.717, 1.165) is 30.4 Å². The molecule has 4 aliphatic rings. The summed E-state index contributed by atoms with van der Waals surface area (Å²) < 4.78 is 68.2. The fourth-order valence-corrected chi connectivity index (χ4v) is 9.80. The number of ether oxygens (including phenoxy) is 11. The second kappa shape index (κ2) is 28.0. The Kier molecular flexibility index (Phi) is 20.6. The summed E-state index contributed by atoms with van der Waals surface area (Å²) in [7, 11) is 1.18. The number of phenolic OH excluding ortho intramolecular Hbond substituents is 5. The Bertz CT molecular complexity index is 3340. The molecule has 17 N–H and O–H groups in total. The van der Waals surface area contributed by atoms with Gasteiger partial charge in [0.05, 0.1) is 38.1 Å². The Morgan fingerprint density at radius 1 is 0.528 bits per heavy atom. The van der Waals surface area contributed by atoms with Crippen LogP contribution in [0.25, 0.3) is 34.4 Å². The van der Waals surface area contributed by atoms with Crippen LogP contribution in [-0.2, 0) is 42.7 Å². The zero-order valence-electron chi connectivity index (χ0n) is 46.7. The first-order chi connectivity index (χ1) is 42.3. The molecule has 1 aromatic heterocycles. The average Bonchev–Trinajstić information content (AvgIpc) is 0.919. The van der Waals surface area contributed by atoms with E-state index in [0.29, 0.717) is 11.1 Å². The summed E-state index contributed by atoms with van der Waals surface area (Å²) in [6, 6.07) is 15.1. The van der Waals surface area contributed by atoms with Gasteiger partial charge in [-0.15, -0.1) is 0 Å². The highest BCUT2D eigenvalue weighted by Crippen LogP contribution is 2.46. The number of phenols is 5. The molecule has 9 unspecified atom stereocenters. The van der Waals surface area contributed by atoms with Crippen molar-refractivity contribution in [3.8, 4) is 63.1 Å². The van der Waals surface area contributed by atoms with Crippen molar-refractivity contribution in [2.75, 3.05) is 26.9 Å². The first kappa shape index (κ1) is 65.7. The third kappa shape index (κ3) is 14.6. The molecule has 0 bridgehead atoms. The molecule has 0 radical (unpaired) electrons. The molecule has 31 nitrogen and oxygen atoms in total. The lowest BCUT2D eigenvalue weighted by Crippen LogP contribution is -2.62. The lowest BCUT2D eigenvalue weighted by atomic mass is 9.98. The van der Waals surface area contributed by atoms with Crippen molar-refractivity contribution in [2.45, 2.75) is 130 Å². The van der Waals surface area contributed by atoms with Crippen LogP contribution in [0.5, 0.6) is 51.7 Å². The minimum atomic E-state index is -2.06. The van der Waals surface area contributed by atoms with Crippen molar-refractivity contribution in [2.24, 2.45) is 0 Å². The van der Waals surface area contributed by atoms with E-state index in [-0.39, 0.29) is 45.3 Å². The minimum Gasteiger partial charge on any atom is -0.507 e. The van der Waals surface area contributed by atoms with E-state index in [1.807, 2.05) is 0 Å². The molecular formula is C58H65O31+. The highest BCUT2D eigenvalue weighted by Gasteiger charge is 2.51. The van der Waals surface area contributed by atoms with Crippen LogP contribution in [0, 0.1) is 0 Å². The maximum atomic E-state index is 13.1. The molecule has 4 saturated heterocycles. The number of hydrogen-bond donors (Lipinski definition) is 17. The van der Waals surface area contributed by atoms with E-state index in [1.165, 1.54) is 80.8 Å². The molecule has 5 heterocycles. The lowest BCUT2D eigenvalue weighted by molar-refractivity contribution is -0.319. The molecule has 0 aliphatic carbocycles. The highest BCUT2D eigenvalue weighted by atomic mass is 16.7. The maximum absolute atomic E-state index is 13.1. The molecule has 5 aromatic rings. The summed E-state index contributed by atoms with van der Waals surface area (Å²) in [5.41, 5.74) is 0.481. The molecule has 9 rings (SSSR count). The number of aliphatic hydroxyl groups is 12. The zero-order valence-corrected chi connectivity index (χ0v) is 46.7. The quantitative estimate of drug-likeness (QED) is 0.0181. The number of hydrogen-bond acceptors (Lipinski definition) is 30. The van der Waals surface area contributed by atoms with E-state index in [1.54, 1.807) is 0 Å². The smallest absolute Gasteiger partial charge is 0.402 e. The largest absolute Gasteiger partial charge is 0.507 e. The molecule has 31 heteroatoms. The van der Waals surface area contributed by atoms with Crippen LogP contribution in [-0.4, -0.2) is 249 Å². The number of benzene rings is 4. The molecule has 20 atom stereocenters. The van der Waals surface area contributed by atoms with Crippen LogP contribution in [0.4, 0.5) is 0 Å². The molecule has 4 fully saturated rings. The number of carbonyl (C=O) groups is 2. The normalized spacial score (nSPS) is 32.4. The lowest BCUT2D eigenvalue weighted by Gasteiger charge is -2.42. The number of aliphatic hydroxyl groups excluding tert-OH is 12. The molecule has 0 amide bonds. The first-order valence-corrected chi connectivity index (χ1v) is 27.3. The Morgan fingerprint density at radius 2 is 1.09 bits per heavy atom. The molecule has 0 saturated carbocycles.